The summed E-state index contributed by atoms with van der Waals surface area (Å²) in [7, 11) is 1.87. The highest BCUT2D eigenvalue weighted by atomic mass is 16.2. The molecular formula is C17H23N3O. The number of aromatic nitrogens is 1. The van der Waals surface area contributed by atoms with Crippen molar-refractivity contribution in [1.29, 1.82) is 0 Å². The average Bonchev–Trinajstić information content (AvgIpc) is 3.14. The monoisotopic (exact) mass is 285 g/mol. The number of carbonyl (C=O) groups is 1. The highest BCUT2D eigenvalue weighted by molar-refractivity contribution is 5.83. The first-order valence-corrected chi connectivity index (χ1v) is 7.80. The van der Waals surface area contributed by atoms with Crippen molar-refractivity contribution in [3.05, 3.63) is 36.0 Å². The molecule has 3 rings (SSSR count). The summed E-state index contributed by atoms with van der Waals surface area (Å²) in [6, 6.07) is 8.73. The van der Waals surface area contributed by atoms with Crippen molar-refractivity contribution in [2.24, 2.45) is 0 Å². The van der Waals surface area contributed by atoms with Crippen LogP contribution in [0.1, 0.15) is 31.2 Å². The highest BCUT2D eigenvalue weighted by Gasteiger charge is 2.19. The minimum atomic E-state index is 0.0572. The topological polar surface area (TPSA) is 48.1 Å². The molecule has 0 spiro atoms. The Labute approximate surface area is 125 Å². The lowest BCUT2D eigenvalue weighted by atomic mass is 10.1. The summed E-state index contributed by atoms with van der Waals surface area (Å²) >= 11 is 0. The third kappa shape index (κ3) is 3.20. The fourth-order valence-corrected chi connectivity index (χ4v) is 3.08. The maximum atomic E-state index is 12.1. The summed E-state index contributed by atoms with van der Waals surface area (Å²) in [6.07, 6.45) is 7.66. The van der Waals surface area contributed by atoms with Crippen LogP contribution < -0.4 is 5.32 Å². The summed E-state index contributed by atoms with van der Waals surface area (Å²) in [4.78, 5) is 17.2. The van der Waals surface area contributed by atoms with Gasteiger partial charge in [0, 0.05) is 36.7 Å². The summed E-state index contributed by atoms with van der Waals surface area (Å²) in [6.45, 7) is 0.737. The van der Waals surface area contributed by atoms with Crippen molar-refractivity contribution in [2.75, 3.05) is 13.6 Å². The number of para-hydroxylation sites is 1. The van der Waals surface area contributed by atoms with Gasteiger partial charge in [-0.25, -0.2) is 4.79 Å². The molecule has 0 atom stereocenters. The van der Waals surface area contributed by atoms with Gasteiger partial charge in [-0.1, -0.05) is 31.0 Å². The molecule has 1 aromatic carbocycles. The number of aromatic amines is 1. The van der Waals surface area contributed by atoms with E-state index in [0.717, 1.165) is 31.3 Å². The fraction of sp³-hybridized carbons (Fsp3) is 0.471. The van der Waals surface area contributed by atoms with E-state index in [1.807, 2.05) is 19.3 Å². The number of H-pyrrole nitrogens is 1. The van der Waals surface area contributed by atoms with Gasteiger partial charge in [0.25, 0.3) is 0 Å². The van der Waals surface area contributed by atoms with Crippen molar-refractivity contribution in [2.45, 2.75) is 38.1 Å². The number of amides is 2. The Kier molecular flexibility index (Phi) is 4.13. The Morgan fingerprint density at radius 2 is 2.10 bits per heavy atom. The normalized spacial score (nSPS) is 15.5. The van der Waals surface area contributed by atoms with E-state index in [2.05, 4.69) is 28.5 Å². The summed E-state index contributed by atoms with van der Waals surface area (Å²) in [5.74, 6) is 0. The van der Waals surface area contributed by atoms with Crippen molar-refractivity contribution in [1.82, 2.24) is 15.2 Å². The van der Waals surface area contributed by atoms with Crippen LogP contribution in [-0.2, 0) is 6.42 Å². The van der Waals surface area contributed by atoms with Crippen LogP contribution in [0.3, 0.4) is 0 Å². The van der Waals surface area contributed by atoms with Gasteiger partial charge < -0.3 is 15.2 Å². The van der Waals surface area contributed by atoms with E-state index in [1.165, 1.54) is 23.8 Å². The summed E-state index contributed by atoms with van der Waals surface area (Å²) in [5.41, 5.74) is 2.43. The Bertz CT molecular complexity index is 613. The molecule has 1 aliphatic rings. The van der Waals surface area contributed by atoms with Crippen LogP contribution >= 0.6 is 0 Å². The van der Waals surface area contributed by atoms with Crippen LogP contribution in [0.5, 0.6) is 0 Å². The second-order valence-electron chi connectivity index (χ2n) is 5.96. The van der Waals surface area contributed by atoms with E-state index in [0.29, 0.717) is 6.04 Å². The molecule has 1 aromatic heterocycles. The van der Waals surface area contributed by atoms with E-state index >= 15 is 0 Å². The number of hydrogen-bond acceptors (Lipinski definition) is 1. The van der Waals surface area contributed by atoms with Gasteiger partial charge in [0.15, 0.2) is 0 Å². The molecule has 21 heavy (non-hydrogen) atoms. The Balaban J connectivity index is 1.55. The number of hydrogen-bond donors (Lipinski definition) is 2. The molecule has 0 unspecified atom stereocenters. The molecule has 1 aliphatic carbocycles. The molecule has 0 saturated heterocycles. The number of rotatable bonds is 4. The van der Waals surface area contributed by atoms with Gasteiger partial charge in [0.05, 0.1) is 0 Å². The molecule has 1 heterocycles. The first kappa shape index (κ1) is 14.0. The number of nitrogens with one attached hydrogen (secondary N) is 2. The van der Waals surface area contributed by atoms with Crippen LogP contribution in [0.15, 0.2) is 30.5 Å². The molecule has 2 amide bonds. The van der Waals surface area contributed by atoms with Crippen molar-refractivity contribution in [3.63, 3.8) is 0 Å². The van der Waals surface area contributed by atoms with Crippen LogP contribution in [0.25, 0.3) is 10.9 Å². The summed E-state index contributed by atoms with van der Waals surface area (Å²) in [5, 5.41) is 4.38. The second kappa shape index (κ2) is 6.20. The van der Waals surface area contributed by atoms with Crippen molar-refractivity contribution in [3.8, 4) is 0 Å². The van der Waals surface area contributed by atoms with Crippen LogP contribution in [-0.4, -0.2) is 35.5 Å². The van der Waals surface area contributed by atoms with Crippen molar-refractivity contribution < 1.29 is 4.79 Å². The van der Waals surface area contributed by atoms with Crippen LogP contribution in [0.2, 0.25) is 0 Å². The SMILES string of the molecule is CN(CCc1c[nH]c2ccccc12)C(=O)NC1CCCC1. The minimum Gasteiger partial charge on any atom is -0.361 e. The first-order valence-electron chi connectivity index (χ1n) is 7.80. The Morgan fingerprint density at radius 1 is 1.33 bits per heavy atom. The molecule has 112 valence electrons. The predicted molar refractivity (Wildman–Crippen MR) is 85.4 cm³/mol. The number of likely N-dealkylation sites (N-methyl/N-ethyl adjacent to an activating group) is 1. The third-order valence-electron chi connectivity index (χ3n) is 4.42. The smallest absolute Gasteiger partial charge is 0.317 e. The quantitative estimate of drug-likeness (QED) is 0.889. The number of carbonyl (C=O) groups excluding carboxylic acids is 1. The molecule has 1 saturated carbocycles. The molecular weight excluding hydrogens is 262 g/mol. The van der Waals surface area contributed by atoms with E-state index in [1.54, 1.807) is 4.90 Å². The second-order valence-corrected chi connectivity index (χ2v) is 5.96. The summed E-state index contributed by atoms with van der Waals surface area (Å²) < 4.78 is 0. The van der Waals surface area contributed by atoms with Crippen LogP contribution in [0.4, 0.5) is 4.79 Å². The lowest BCUT2D eigenvalue weighted by molar-refractivity contribution is 0.205. The van der Waals surface area contributed by atoms with Gasteiger partial charge >= 0.3 is 6.03 Å². The number of urea groups is 1. The van der Waals surface area contributed by atoms with E-state index in [-0.39, 0.29) is 6.03 Å². The number of fused-ring (bicyclic) bond motifs is 1. The highest BCUT2D eigenvalue weighted by Crippen LogP contribution is 2.19. The minimum absolute atomic E-state index is 0.0572. The zero-order valence-corrected chi connectivity index (χ0v) is 12.6. The van der Waals surface area contributed by atoms with E-state index in [9.17, 15) is 4.79 Å². The lowest BCUT2D eigenvalue weighted by Crippen LogP contribution is -2.42. The largest absolute Gasteiger partial charge is 0.361 e. The standard InChI is InChI=1S/C17H23N3O/c1-20(17(21)19-14-6-2-3-7-14)11-10-13-12-18-16-9-5-4-8-15(13)16/h4-5,8-9,12,14,18H,2-3,6-7,10-11H2,1H3,(H,19,21). The van der Waals surface area contributed by atoms with Gasteiger partial charge in [0.2, 0.25) is 0 Å². The first-order chi connectivity index (χ1) is 10.2. The molecule has 4 heteroatoms. The number of benzene rings is 1. The van der Waals surface area contributed by atoms with Gasteiger partial charge in [0.1, 0.15) is 0 Å². The molecule has 4 nitrogen and oxygen atoms in total. The zero-order chi connectivity index (χ0) is 14.7. The van der Waals surface area contributed by atoms with Crippen LogP contribution in [0, 0.1) is 0 Å². The predicted octanol–water partition coefficient (Wildman–Crippen LogP) is 3.29. The van der Waals surface area contributed by atoms with E-state index < -0.39 is 0 Å². The fourth-order valence-electron chi connectivity index (χ4n) is 3.08. The van der Waals surface area contributed by atoms with E-state index in [4.69, 9.17) is 0 Å². The zero-order valence-electron chi connectivity index (χ0n) is 12.6. The molecule has 2 aromatic rings. The molecule has 0 radical (unpaired) electrons. The maximum Gasteiger partial charge on any atom is 0.317 e. The van der Waals surface area contributed by atoms with Gasteiger partial charge in [-0.05, 0) is 30.9 Å². The maximum absolute atomic E-state index is 12.1. The molecule has 0 bridgehead atoms. The third-order valence-corrected chi connectivity index (χ3v) is 4.42. The molecule has 2 N–H and O–H groups in total. The number of nitrogens with zero attached hydrogens (tertiary/aromatic N) is 1. The molecule has 0 aliphatic heterocycles. The molecule has 1 fully saturated rings. The average molecular weight is 285 g/mol. The Hall–Kier alpha value is -1.97. The Morgan fingerprint density at radius 3 is 2.90 bits per heavy atom. The van der Waals surface area contributed by atoms with Gasteiger partial charge in [-0.3, -0.25) is 0 Å². The lowest BCUT2D eigenvalue weighted by Gasteiger charge is -2.20. The van der Waals surface area contributed by atoms with Gasteiger partial charge in [-0.15, -0.1) is 0 Å². The van der Waals surface area contributed by atoms with Gasteiger partial charge in [-0.2, -0.15) is 0 Å². The van der Waals surface area contributed by atoms with Crippen molar-refractivity contribution >= 4 is 16.9 Å².